The van der Waals surface area contributed by atoms with Crippen molar-refractivity contribution in [2.45, 2.75) is 116 Å². The van der Waals surface area contributed by atoms with Gasteiger partial charge in [0.05, 0.1) is 48.9 Å². The van der Waals surface area contributed by atoms with E-state index in [1.807, 2.05) is 42.3 Å². The number of esters is 2. The Labute approximate surface area is 235 Å². The molecule has 0 aromatic heterocycles. The van der Waals surface area contributed by atoms with E-state index in [1.165, 1.54) is 89.9 Å². The zero-order chi connectivity index (χ0) is 28.7. The SMILES string of the molecule is CCCCCCCCCCCCCCCCCCOCC(COC(=O)C[N+](C)(C)C)OC(=O)C[N+](C)(C)C. The first kappa shape index (κ1) is 36.8. The highest BCUT2D eigenvalue weighted by Gasteiger charge is 2.23. The van der Waals surface area contributed by atoms with Gasteiger partial charge >= 0.3 is 11.9 Å². The third kappa shape index (κ3) is 27.8. The van der Waals surface area contributed by atoms with E-state index in [2.05, 4.69) is 6.92 Å². The molecule has 0 N–H and O–H groups in total. The van der Waals surface area contributed by atoms with Crippen LogP contribution in [0.5, 0.6) is 0 Å². The Bertz CT molecular complexity index is 584. The molecule has 0 fully saturated rings. The molecule has 0 aliphatic rings. The summed E-state index contributed by atoms with van der Waals surface area (Å²) in [4.78, 5) is 24.4. The molecule has 0 saturated heterocycles. The second-order valence-electron chi connectivity index (χ2n) is 13.1. The predicted octanol–water partition coefficient (Wildman–Crippen LogP) is 6.13. The molecule has 7 heteroatoms. The molecule has 0 bridgehead atoms. The second kappa shape index (κ2) is 22.6. The molecule has 38 heavy (non-hydrogen) atoms. The quantitative estimate of drug-likeness (QED) is 0.0744. The summed E-state index contributed by atoms with van der Waals surface area (Å²) >= 11 is 0. The van der Waals surface area contributed by atoms with Crippen molar-refractivity contribution in [1.82, 2.24) is 0 Å². The van der Waals surface area contributed by atoms with Crippen LogP contribution in [0.4, 0.5) is 0 Å². The fourth-order valence-electron chi connectivity index (χ4n) is 4.31. The first-order valence-corrected chi connectivity index (χ1v) is 15.5. The number of likely N-dealkylation sites (N-methyl/N-ethyl adjacent to an activating group) is 2. The van der Waals surface area contributed by atoms with E-state index in [0.29, 0.717) is 15.6 Å². The lowest BCUT2D eigenvalue weighted by molar-refractivity contribution is -0.863. The minimum atomic E-state index is -0.577. The summed E-state index contributed by atoms with van der Waals surface area (Å²) in [5, 5.41) is 0. The lowest BCUT2D eigenvalue weighted by atomic mass is 10.0. The van der Waals surface area contributed by atoms with E-state index in [-0.39, 0.29) is 38.2 Å². The third-order valence-electron chi connectivity index (χ3n) is 6.38. The Balaban J connectivity index is 3.89. The van der Waals surface area contributed by atoms with Gasteiger partial charge in [-0.15, -0.1) is 0 Å². The normalized spacial score (nSPS) is 12.9. The predicted molar refractivity (Wildman–Crippen MR) is 157 cm³/mol. The summed E-state index contributed by atoms with van der Waals surface area (Å²) in [5.41, 5.74) is 0. The maximum atomic E-state index is 12.3. The number of hydrogen-bond donors (Lipinski definition) is 0. The molecule has 0 aliphatic carbocycles. The van der Waals surface area contributed by atoms with Crippen LogP contribution in [-0.4, -0.2) is 102 Å². The minimum Gasteiger partial charge on any atom is -0.457 e. The Hall–Kier alpha value is -1.18. The van der Waals surface area contributed by atoms with Crippen LogP contribution in [0.25, 0.3) is 0 Å². The summed E-state index contributed by atoms with van der Waals surface area (Å²) in [6.45, 7) is 3.70. The van der Waals surface area contributed by atoms with Crippen LogP contribution in [0.2, 0.25) is 0 Å². The Kier molecular flexibility index (Phi) is 21.9. The number of ether oxygens (including phenoxy) is 3. The molecule has 0 radical (unpaired) electrons. The van der Waals surface area contributed by atoms with Crippen molar-refractivity contribution in [1.29, 1.82) is 0 Å². The largest absolute Gasteiger partial charge is 0.457 e. The van der Waals surface area contributed by atoms with Crippen molar-refractivity contribution in [3.8, 4) is 0 Å². The van der Waals surface area contributed by atoms with E-state index in [0.717, 1.165) is 12.8 Å². The van der Waals surface area contributed by atoms with Gasteiger partial charge in [-0.1, -0.05) is 103 Å². The molecular weight excluding hydrogens is 480 g/mol. The lowest BCUT2D eigenvalue weighted by Crippen LogP contribution is -2.43. The highest BCUT2D eigenvalue weighted by molar-refractivity contribution is 5.71. The van der Waals surface area contributed by atoms with Gasteiger partial charge in [-0.05, 0) is 6.42 Å². The molecule has 1 atom stereocenters. The smallest absolute Gasteiger partial charge is 0.362 e. The molecular formula is C31H64N2O5+2. The lowest BCUT2D eigenvalue weighted by Gasteiger charge is -2.25. The Morgan fingerprint density at radius 3 is 1.37 bits per heavy atom. The molecule has 0 heterocycles. The van der Waals surface area contributed by atoms with Crippen molar-refractivity contribution in [2.24, 2.45) is 0 Å². The topological polar surface area (TPSA) is 61.8 Å². The average molecular weight is 545 g/mol. The molecule has 0 aromatic carbocycles. The molecule has 0 amide bonds. The van der Waals surface area contributed by atoms with Gasteiger partial charge in [0.15, 0.2) is 19.2 Å². The van der Waals surface area contributed by atoms with Crippen molar-refractivity contribution in [3.63, 3.8) is 0 Å². The first-order chi connectivity index (χ1) is 17.9. The van der Waals surface area contributed by atoms with Gasteiger partial charge in [0.1, 0.15) is 6.61 Å². The standard InChI is InChI=1S/C31H64N2O5/c1-8-9-10-11-12-13-14-15-16-17-18-19-20-21-22-23-24-36-27-29(38-31(35)26-33(5,6)7)28-37-30(34)25-32(2,3)4/h29H,8-28H2,1-7H3/q+2. The summed E-state index contributed by atoms with van der Waals surface area (Å²) in [7, 11) is 11.6. The summed E-state index contributed by atoms with van der Waals surface area (Å²) in [6.07, 6.45) is 20.8. The first-order valence-electron chi connectivity index (χ1n) is 15.5. The fourth-order valence-corrected chi connectivity index (χ4v) is 4.31. The number of carbonyl (C=O) groups is 2. The monoisotopic (exact) mass is 544 g/mol. The molecule has 0 aliphatic heterocycles. The van der Waals surface area contributed by atoms with E-state index < -0.39 is 6.10 Å². The molecule has 0 rings (SSSR count). The van der Waals surface area contributed by atoms with Gasteiger partial charge in [0.25, 0.3) is 0 Å². The number of nitrogens with zero attached hydrogens (tertiary/aromatic N) is 2. The Morgan fingerprint density at radius 1 is 0.553 bits per heavy atom. The van der Waals surface area contributed by atoms with Crippen LogP contribution in [0.15, 0.2) is 0 Å². The van der Waals surface area contributed by atoms with E-state index in [1.54, 1.807) is 0 Å². The van der Waals surface area contributed by atoms with Crippen LogP contribution in [0.3, 0.4) is 0 Å². The van der Waals surface area contributed by atoms with Crippen molar-refractivity contribution < 1.29 is 32.8 Å². The highest BCUT2D eigenvalue weighted by atomic mass is 16.6. The van der Waals surface area contributed by atoms with E-state index in [9.17, 15) is 9.59 Å². The number of rotatable bonds is 26. The number of quaternary nitrogens is 2. The van der Waals surface area contributed by atoms with Crippen LogP contribution < -0.4 is 0 Å². The second-order valence-corrected chi connectivity index (χ2v) is 13.1. The van der Waals surface area contributed by atoms with E-state index in [4.69, 9.17) is 14.2 Å². The fraction of sp³-hybridized carbons (Fsp3) is 0.935. The third-order valence-corrected chi connectivity index (χ3v) is 6.38. The molecule has 226 valence electrons. The average Bonchev–Trinajstić information content (AvgIpc) is 2.79. The zero-order valence-electron chi connectivity index (χ0n) is 26.4. The molecule has 1 unspecified atom stereocenters. The maximum Gasteiger partial charge on any atom is 0.362 e. The van der Waals surface area contributed by atoms with E-state index >= 15 is 0 Å². The molecule has 0 saturated carbocycles. The minimum absolute atomic E-state index is 0.0284. The molecule has 7 nitrogen and oxygen atoms in total. The van der Waals surface area contributed by atoms with Gasteiger partial charge in [0.2, 0.25) is 0 Å². The number of unbranched alkanes of at least 4 members (excludes halogenated alkanes) is 15. The van der Waals surface area contributed by atoms with Crippen molar-refractivity contribution in [2.75, 3.05) is 75.2 Å². The number of carbonyl (C=O) groups excluding carboxylic acids is 2. The molecule has 0 aromatic rings. The maximum absolute atomic E-state index is 12.3. The summed E-state index contributed by atoms with van der Waals surface area (Å²) < 4.78 is 17.7. The summed E-state index contributed by atoms with van der Waals surface area (Å²) in [5.74, 6) is -0.612. The van der Waals surface area contributed by atoms with Gasteiger partial charge in [0, 0.05) is 6.61 Å². The Morgan fingerprint density at radius 2 is 0.947 bits per heavy atom. The number of hydrogen-bond acceptors (Lipinski definition) is 5. The van der Waals surface area contributed by atoms with Gasteiger partial charge in [-0.25, -0.2) is 9.59 Å². The van der Waals surface area contributed by atoms with Crippen molar-refractivity contribution in [3.05, 3.63) is 0 Å². The highest BCUT2D eigenvalue weighted by Crippen LogP contribution is 2.14. The van der Waals surface area contributed by atoms with Crippen molar-refractivity contribution >= 4 is 11.9 Å². The van der Waals surface area contributed by atoms with Crippen LogP contribution in [0.1, 0.15) is 110 Å². The van der Waals surface area contributed by atoms with Crippen LogP contribution in [-0.2, 0) is 23.8 Å². The molecule has 0 spiro atoms. The van der Waals surface area contributed by atoms with Gasteiger partial charge in [-0.2, -0.15) is 0 Å². The van der Waals surface area contributed by atoms with Gasteiger partial charge in [-0.3, -0.25) is 0 Å². The zero-order valence-corrected chi connectivity index (χ0v) is 26.4. The summed E-state index contributed by atoms with van der Waals surface area (Å²) in [6, 6.07) is 0. The van der Waals surface area contributed by atoms with Crippen LogP contribution in [0, 0.1) is 0 Å². The van der Waals surface area contributed by atoms with Crippen LogP contribution >= 0.6 is 0 Å². The van der Waals surface area contributed by atoms with Gasteiger partial charge < -0.3 is 23.2 Å².